The van der Waals surface area contributed by atoms with Crippen molar-refractivity contribution in [1.29, 1.82) is 5.26 Å². The normalized spacial score (nSPS) is 10.8. The fraction of sp³-hybridized carbons (Fsp3) is 0.0870. The number of urea groups is 1. The SMILES string of the molecule is Cn1ccc(-c2nc(NC(=O)NCc3cccnc3)c(C#N)nc2-c2cc(Cl)c3[nH]ncc3c2)n1. The number of nitriles is 1. The summed E-state index contributed by atoms with van der Waals surface area (Å²) in [5, 5.41) is 27.7. The van der Waals surface area contributed by atoms with Crippen LogP contribution in [-0.2, 0) is 13.6 Å². The lowest BCUT2D eigenvalue weighted by molar-refractivity contribution is 0.251. The monoisotopic (exact) mass is 484 g/mol. The minimum Gasteiger partial charge on any atom is -0.334 e. The zero-order chi connectivity index (χ0) is 24.4. The predicted octanol–water partition coefficient (Wildman–Crippen LogP) is 3.66. The number of aromatic amines is 1. The maximum Gasteiger partial charge on any atom is 0.320 e. The Morgan fingerprint density at radius 1 is 1.23 bits per heavy atom. The number of fused-ring (bicyclic) bond motifs is 1. The zero-order valence-electron chi connectivity index (χ0n) is 18.3. The Labute approximate surface area is 203 Å². The first-order valence-corrected chi connectivity index (χ1v) is 10.8. The Hall–Kier alpha value is -4.82. The maximum absolute atomic E-state index is 12.6. The van der Waals surface area contributed by atoms with Crippen molar-refractivity contribution in [1.82, 2.24) is 40.2 Å². The van der Waals surface area contributed by atoms with Crippen molar-refractivity contribution >= 4 is 34.4 Å². The van der Waals surface area contributed by atoms with Gasteiger partial charge < -0.3 is 5.32 Å². The third-order valence-corrected chi connectivity index (χ3v) is 5.44. The number of amides is 2. The molecule has 0 spiro atoms. The van der Waals surface area contributed by atoms with E-state index in [1.807, 2.05) is 18.2 Å². The highest BCUT2D eigenvalue weighted by Gasteiger charge is 2.21. The molecule has 4 heterocycles. The number of benzene rings is 1. The van der Waals surface area contributed by atoms with Gasteiger partial charge in [-0.05, 0) is 29.8 Å². The van der Waals surface area contributed by atoms with Crippen LogP contribution in [0.15, 0.2) is 55.1 Å². The Kier molecular flexibility index (Phi) is 5.78. The van der Waals surface area contributed by atoms with Crippen molar-refractivity contribution in [3.05, 3.63) is 71.4 Å². The number of rotatable bonds is 5. The predicted molar refractivity (Wildman–Crippen MR) is 129 cm³/mol. The second-order valence-electron chi connectivity index (χ2n) is 7.57. The Morgan fingerprint density at radius 3 is 2.86 bits per heavy atom. The van der Waals surface area contributed by atoms with Crippen LogP contribution in [0, 0.1) is 11.3 Å². The largest absolute Gasteiger partial charge is 0.334 e. The van der Waals surface area contributed by atoms with Gasteiger partial charge in [0, 0.05) is 43.1 Å². The van der Waals surface area contributed by atoms with Crippen molar-refractivity contribution in [2.24, 2.45) is 7.05 Å². The van der Waals surface area contributed by atoms with Gasteiger partial charge in [-0.25, -0.2) is 14.8 Å². The van der Waals surface area contributed by atoms with Gasteiger partial charge in [-0.15, -0.1) is 0 Å². The smallest absolute Gasteiger partial charge is 0.320 e. The number of halogens is 1. The molecule has 5 rings (SSSR count). The van der Waals surface area contributed by atoms with E-state index in [4.69, 9.17) is 11.6 Å². The van der Waals surface area contributed by atoms with E-state index in [-0.39, 0.29) is 18.1 Å². The molecular formula is C23H17ClN10O. The standard InChI is InChI=1S/C23H17ClN10O/c1-34-6-4-17(33-34)21-20(14-7-15-12-28-32-19(15)16(24)8-14)29-18(9-25)22(30-21)31-23(35)27-11-13-3-2-5-26-10-13/h2-8,10,12H,11H2,1H3,(H,28,32)(H2,27,30,31,35). The summed E-state index contributed by atoms with van der Waals surface area (Å²) in [5.74, 6) is 0.0103. The van der Waals surface area contributed by atoms with E-state index in [1.165, 1.54) is 0 Å². The second-order valence-corrected chi connectivity index (χ2v) is 7.97. The molecule has 0 radical (unpaired) electrons. The van der Waals surface area contributed by atoms with Crippen molar-refractivity contribution in [2.75, 3.05) is 5.32 Å². The first-order valence-electron chi connectivity index (χ1n) is 10.4. The van der Waals surface area contributed by atoms with Gasteiger partial charge in [-0.2, -0.15) is 15.5 Å². The number of hydrogen-bond donors (Lipinski definition) is 3. The van der Waals surface area contributed by atoms with Gasteiger partial charge in [0.25, 0.3) is 0 Å². The van der Waals surface area contributed by atoms with E-state index >= 15 is 0 Å². The minimum absolute atomic E-state index is 0.0103. The number of nitrogens with one attached hydrogen (secondary N) is 3. The summed E-state index contributed by atoms with van der Waals surface area (Å²) in [6.45, 7) is 0.253. The summed E-state index contributed by atoms with van der Waals surface area (Å²) in [4.78, 5) is 25.7. The first-order chi connectivity index (χ1) is 17.0. The molecule has 11 nitrogen and oxygen atoms in total. The van der Waals surface area contributed by atoms with Crippen molar-refractivity contribution in [3.63, 3.8) is 0 Å². The Bertz CT molecular complexity index is 1590. The van der Waals surface area contributed by atoms with E-state index in [1.54, 1.807) is 54.7 Å². The lowest BCUT2D eigenvalue weighted by atomic mass is 10.1. The fourth-order valence-corrected chi connectivity index (χ4v) is 3.78. The van der Waals surface area contributed by atoms with E-state index in [2.05, 4.69) is 40.9 Å². The average Bonchev–Trinajstić information content (AvgIpc) is 3.52. The summed E-state index contributed by atoms with van der Waals surface area (Å²) >= 11 is 6.44. The summed E-state index contributed by atoms with van der Waals surface area (Å²) in [7, 11) is 1.78. The molecule has 0 bridgehead atoms. The summed E-state index contributed by atoms with van der Waals surface area (Å²) < 4.78 is 1.62. The molecule has 12 heteroatoms. The van der Waals surface area contributed by atoms with Crippen LogP contribution in [0.2, 0.25) is 5.02 Å². The lowest BCUT2D eigenvalue weighted by Gasteiger charge is -2.13. The van der Waals surface area contributed by atoms with Crippen LogP contribution in [0.5, 0.6) is 0 Å². The van der Waals surface area contributed by atoms with E-state index < -0.39 is 6.03 Å². The van der Waals surface area contributed by atoms with Gasteiger partial charge in [-0.3, -0.25) is 20.1 Å². The Balaban J connectivity index is 1.55. The molecule has 0 atom stereocenters. The van der Waals surface area contributed by atoms with Gasteiger partial charge in [0.1, 0.15) is 23.2 Å². The number of aryl methyl sites for hydroxylation is 1. The van der Waals surface area contributed by atoms with Crippen LogP contribution in [-0.4, -0.2) is 41.0 Å². The van der Waals surface area contributed by atoms with Crippen LogP contribution >= 0.6 is 11.6 Å². The molecule has 0 aliphatic rings. The zero-order valence-corrected chi connectivity index (χ0v) is 19.1. The highest BCUT2D eigenvalue weighted by molar-refractivity contribution is 6.35. The molecule has 172 valence electrons. The summed E-state index contributed by atoms with van der Waals surface area (Å²) in [6.07, 6.45) is 6.71. The molecule has 0 unspecified atom stereocenters. The lowest BCUT2D eigenvalue weighted by Crippen LogP contribution is -2.29. The number of aromatic nitrogens is 7. The van der Waals surface area contributed by atoms with Gasteiger partial charge in [-0.1, -0.05) is 17.7 Å². The molecule has 1 aromatic carbocycles. The summed E-state index contributed by atoms with van der Waals surface area (Å²) in [6, 6.07) is 10.4. The maximum atomic E-state index is 12.6. The highest BCUT2D eigenvalue weighted by Crippen LogP contribution is 2.34. The first kappa shape index (κ1) is 22.0. The van der Waals surface area contributed by atoms with Crippen LogP contribution in [0.4, 0.5) is 10.6 Å². The van der Waals surface area contributed by atoms with Crippen molar-refractivity contribution in [3.8, 4) is 28.7 Å². The number of carbonyl (C=O) groups is 1. The number of anilines is 1. The van der Waals surface area contributed by atoms with Gasteiger partial charge in [0.2, 0.25) is 0 Å². The molecule has 3 N–H and O–H groups in total. The molecule has 0 saturated heterocycles. The molecule has 0 fully saturated rings. The summed E-state index contributed by atoms with van der Waals surface area (Å²) in [5.41, 5.74) is 3.37. The van der Waals surface area contributed by atoms with Crippen LogP contribution in [0.25, 0.3) is 33.5 Å². The Morgan fingerprint density at radius 2 is 2.11 bits per heavy atom. The fourth-order valence-electron chi connectivity index (χ4n) is 3.51. The van der Waals surface area contributed by atoms with E-state index in [9.17, 15) is 10.1 Å². The van der Waals surface area contributed by atoms with E-state index in [0.29, 0.717) is 33.2 Å². The van der Waals surface area contributed by atoms with Crippen LogP contribution in [0.3, 0.4) is 0 Å². The van der Waals surface area contributed by atoms with Gasteiger partial charge in [0.15, 0.2) is 11.5 Å². The molecule has 4 aromatic heterocycles. The molecule has 0 saturated carbocycles. The van der Waals surface area contributed by atoms with Crippen LogP contribution < -0.4 is 10.6 Å². The van der Waals surface area contributed by atoms with Gasteiger partial charge >= 0.3 is 6.03 Å². The average molecular weight is 485 g/mol. The molecule has 2 amide bonds. The van der Waals surface area contributed by atoms with Gasteiger partial charge in [0.05, 0.1) is 16.7 Å². The molecule has 0 aliphatic heterocycles. The number of pyridine rings is 1. The second kappa shape index (κ2) is 9.20. The quantitative estimate of drug-likeness (QED) is 0.344. The van der Waals surface area contributed by atoms with Crippen LogP contribution in [0.1, 0.15) is 11.3 Å². The molecule has 5 aromatic rings. The number of H-pyrrole nitrogens is 1. The highest BCUT2D eigenvalue weighted by atomic mass is 35.5. The topological polar surface area (TPSA) is 150 Å². The number of carbonyl (C=O) groups excluding carboxylic acids is 1. The number of hydrogen-bond acceptors (Lipinski definition) is 7. The third kappa shape index (κ3) is 4.50. The van der Waals surface area contributed by atoms with E-state index in [0.717, 1.165) is 10.9 Å². The minimum atomic E-state index is -0.540. The molecular weight excluding hydrogens is 468 g/mol. The molecule has 35 heavy (non-hydrogen) atoms. The number of nitrogens with zero attached hydrogens (tertiary/aromatic N) is 7. The molecule has 0 aliphatic carbocycles. The van der Waals surface area contributed by atoms with Crippen molar-refractivity contribution < 1.29 is 4.79 Å². The third-order valence-electron chi connectivity index (χ3n) is 5.14. The van der Waals surface area contributed by atoms with Crippen molar-refractivity contribution in [2.45, 2.75) is 6.54 Å².